The van der Waals surface area contributed by atoms with E-state index in [0.29, 0.717) is 0 Å². The minimum Gasteiger partial charge on any atom is -0.379 e. The highest BCUT2D eigenvalue weighted by atomic mass is 16.5. The van der Waals surface area contributed by atoms with Crippen molar-refractivity contribution in [3.8, 4) is 12.3 Å². The molecule has 0 atom stereocenters. The fourth-order valence-electron chi connectivity index (χ4n) is 0.932. The van der Waals surface area contributed by atoms with E-state index < -0.39 is 0 Å². The lowest BCUT2D eigenvalue weighted by molar-refractivity contribution is 0.0159. The number of rotatable bonds is 7. The number of hydrogen-bond donors (Lipinski definition) is 1. The van der Waals surface area contributed by atoms with E-state index >= 15 is 0 Å². The second-order valence-corrected chi connectivity index (χ2v) is 3.77. The van der Waals surface area contributed by atoms with E-state index in [2.05, 4.69) is 25.1 Å². The van der Waals surface area contributed by atoms with Crippen LogP contribution < -0.4 is 5.32 Å². The lowest BCUT2D eigenvalue weighted by atomic mass is 10.1. The van der Waals surface area contributed by atoms with Gasteiger partial charge in [0.15, 0.2) is 0 Å². The normalized spacial score (nSPS) is 11.2. The maximum absolute atomic E-state index is 5.29. The van der Waals surface area contributed by atoms with Crippen molar-refractivity contribution in [2.24, 2.45) is 0 Å². The Labute approximate surface area is 82.1 Å². The summed E-state index contributed by atoms with van der Waals surface area (Å²) in [6.07, 6.45) is 8.08. The van der Waals surface area contributed by atoms with Crippen molar-refractivity contribution in [3.05, 3.63) is 0 Å². The molecule has 0 aliphatic rings. The topological polar surface area (TPSA) is 21.3 Å². The number of nitrogens with one attached hydrogen (secondary N) is 1. The van der Waals surface area contributed by atoms with Gasteiger partial charge in [0.1, 0.15) is 0 Å². The predicted octanol–water partition coefficient (Wildman–Crippen LogP) is 1.80. The highest BCUT2D eigenvalue weighted by molar-refractivity contribution is 4.83. The lowest BCUT2D eigenvalue weighted by Gasteiger charge is -2.22. The molecule has 2 heteroatoms. The van der Waals surface area contributed by atoms with Gasteiger partial charge >= 0.3 is 0 Å². The average Bonchev–Trinajstić information content (AvgIpc) is 2.11. The fourth-order valence-corrected chi connectivity index (χ4v) is 0.932. The van der Waals surface area contributed by atoms with Crippen molar-refractivity contribution in [1.82, 2.24) is 5.32 Å². The summed E-state index contributed by atoms with van der Waals surface area (Å²) in [6.45, 7) is 6.18. The Morgan fingerprint density at radius 3 is 2.62 bits per heavy atom. The van der Waals surface area contributed by atoms with Crippen molar-refractivity contribution in [1.29, 1.82) is 0 Å². The molecule has 1 N–H and O–H groups in total. The average molecular weight is 183 g/mol. The molecule has 0 aliphatic carbocycles. The van der Waals surface area contributed by atoms with Crippen LogP contribution in [0.2, 0.25) is 0 Å². The van der Waals surface area contributed by atoms with Gasteiger partial charge in [-0.05, 0) is 39.8 Å². The van der Waals surface area contributed by atoms with Crippen molar-refractivity contribution >= 4 is 0 Å². The summed E-state index contributed by atoms with van der Waals surface area (Å²) in [5.41, 5.74) is -0.0148. The van der Waals surface area contributed by atoms with Gasteiger partial charge in [0.2, 0.25) is 0 Å². The molecule has 0 unspecified atom stereocenters. The molecular weight excluding hydrogens is 162 g/mol. The summed E-state index contributed by atoms with van der Waals surface area (Å²) in [6, 6.07) is 0. The molecule has 0 aliphatic heterocycles. The molecule has 0 saturated carbocycles. The number of ether oxygens (including phenoxy) is 1. The van der Waals surface area contributed by atoms with E-state index in [0.717, 1.165) is 32.4 Å². The standard InChI is InChI=1S/C11H21NO/c1-5-6-7-9-12-10-8-11(2,3)13-4/h1,12H,6-10H2,2-4H3. The number of unbranched alkanes of at least 4 members (excludes halogenated alkanes) is 1. The quantitative estimate of drug-likeness (QED) is 0.480. The minimum atomic E-state index is -0.0148. The van der Waals surface area contributed by atoms with Gasteiger partial charge in [-0.2, -0.15) is 0 Å². The van der Waals surface area contributed by atoms with Crippen LogP contribution in [-0.4, -0.2) is 25.8 Å². The molecular formula is C11H21NO. The third kappa shape index (κ3) is 7.83. The molecule has 0 amide bonds. The van der Waals surface area contributed by atoms with E-state index in [-0.39, 0.29) is 5.60 Å². The second-order valence-electron chi connectivity index (χ2n) is 3.77. The van der Waals surface area contributed by atoms with Crippen LogP contribution in [0.5, 0.6) is 0 Å². The van der Waals surface area contributed by atoms with Crippen LogP contribution in [0.4, 0.5) is 0 Å². The van der Waals surface area contributed by atoms with Gasteiger partial charge in [-0.15, -0.1) is 12.3 Å². The first-order chi connectivity index (χ1) is 6.12. The second kappa shape index (κ2) is 6.94. The maximum Gasteiger partial charge on any atom is 0.0634 e. The molecule has 0 saturated heterocycles. The highest BCUT2D eigenvalue weighted by Gasteiger charge is 2.14. The van der Waals surface area contributed by atoms with Crippen LogP contribution in [0.25, 0.3) is 0 Å². The summed E-state index contributed by atoms with van der Waals surface area (Å²) >= 11 is 0. The molecule has 0 radical (unpaired) electrons. The summed E-state index contributed by atoms with van der Waals surface area (Å²) in [7, 11) is 1.75. The first-order valence-electron chi connectivity index (χ1n) is 4.82. The zero-order chi connectivity index (χ0) is 10.2. The Kier molecular flexibility index (Phi) is 6.66. The largest absolute Gasteiger partial charge is 0.379 e. The van der Waals surface area contributed by atoms with Crippen molar-refractivity contribution < 1.29 is 4.74 Å². The molecule has 0 aromatic heterocycles. The van der Waals surface area contributed by atoms with Crippen molar-refractivity contribution in [3.63, 3.8) is 0 Å². The minimum absolute atomic E-state index is 0.0148. The molecule has 2 nitrogen and oxygen atoms in total. The monoisotopic (exact) mass is 183 g/mol. The van der Waals surface area contributed by atoms with E-state index in [1.54, 1.807) is 7.11 Å². The molecule has 0 aromatic carbocycles. The molecule has 76 valence electrons. The molecule has 13 heavy (non-hydrogen) atoms. The number of terminal acetylenes is 1. The summed E-state index contributed by atoms with van der Waals surface area (Å²) < 4.78 is 5.29. The third-order valence-corrected chi connectivity index (χ3v) is 2.13. The molecule has 0 heterocycles. The van der Waals surface area contributed by atoms with Gasteiger partial charge in [-0.25, -0.2) is 0 Å². The number of methoxy groups -OCH3 is 1. The first-order valence-corrected chi connectivity index (χ1v) is 4.82. The Balaban J connectivity index is 3.22. The van der Waals surface area contributed by atoms with Crippen LogP contribution in [-0.2, 0) is 4.74 Å². The number of hydrogen-bond acceptors (Lipinski definition) is 2. The summed E-state index contributed by atoms with van der Waals surface area (Å²) in [5, 5.41) is 3.34. The fraction of sp³-hybridized carbons (Fsp3) is 0.818. The Morgan fingerprint density at radius 1 is 1.38 bits per heavy atom. The van der Waals surface area contributed by atoms with Gasteiger partial charge in [0.05, 0.1) is 5.60 Å². The smallest absolute Gasteiger partial charge is 0.0634 e. The lowest BCUT2D eigenvalue weighted by Crippen LogP contribution is -2.29. The molecule has 0 rings (SSSR count). The highest BCUT2D eigenvalue weighted by Crippen LogP contribution is 2.11. The summed E-state index contributed by atoms with van der Waals surface area (Å²) in [5.74, 6) is 2.62. The van der Waals surface area contributed by atoms with Gasteiger partial charge in [0, 0.05) is 13.5 Å². The molecule has 0 spiro atoms. The van der Waals surface area contributed by atoms with E-state index in [1.165, 1.54) is 0 Å². The van der Waals surface area contributed by atoms with Gasteiger partial charge in [-0.3, -0.25) is 0 Å². The molecule has 0 aromatic rings. The van der Waals surface area contributed by atoms with E-state index in [1.807, 2.05) is 0 Å². The van der Waals surface area contributed by atoms with Crippen LogP contribution in [0.15, 0.2) is 0 Å². The first kappa shape index (κ1) is 12.5. The van der Waals surface area contributed by atoms with Crippen molar-refractivity contribution in [2.45, 2.75) is 38.7 Å². The van der Waals surface area contributed by atoms with Crippen molar-refractivity contribution in [2.75, 3.05) is 20.2 Å². The summed E-state index contributed by atoms with van der Waals surface area (Å²) in [4.78, 5) is 0. The van der Waals surface area contributed by atoms with Gasteiger partial charge in [0.25, 0.3) is 0 Å². The van der Waals surface area contributed by atoms with Gasteiger partial charge < -0.3 is 10.1 Å². The van der Waals surface area contributed by atoms with Crippen LogP contribution in [0, 0.1) is 12.3 Å². The molecule has 0 bridgehead atoms. The van der Waals surface area contributed by atoms with Crippen LogP contribution >= 0.6 is 0 Å². The van der Waals surface area contributed by atoms with Gasteiger partial charge in [-0.1, -0.05) is 0 Å². The predicted molar refractivity (Wildman–Crippen MR) is 56.6 cm³/mol. The zero-order valence-corrected chi connectivity index (χ0v) is 9.02. The van der Waals surface area contributed by atoms with Crippen LogP contribution in [0.3, 0.4) is 0 Å². The molecule has 0 fully saturated rings. The van der Waals surface area contributed by atoms with Crippen LogP contribution in [0.1, 0.15) is 33.1 Å². The zero-order valence-electron chi connectivity index (χ0n) is 9.02. The Morgan fingerprint density at radius 2 is 2.08 bits per heavy atom. The van der Waals surface area contributed by atoms with E-state index in [9.17, 15) is 0 Å². The Bertz CT molecular complexity index is 158. The third-order valence-electron chi connectivity index (χ3n) is 2.13. The Hall–Kier alpha value is -0.520. The maximum atomic E-state index is 5.29. The van der Waals surface area contributed by atoms with E-state index in [4.69, 9.17) is 11.2 Å². The SMILES string of the molecule is C#CCCCNCCC(C)(C)OC.